The number of para-hydroxylation sites is 1. The highest BCUT2D eigenvalue weighted by Crippen LogP contribution is 2.31. The van der Waals surface area contributed by atoms with Gasteiger partial charge >= 0.3 is 0 Å². The monoisotopic (exact) mass is 348 g/mol. The lowest BCUT2D eigenvalue weighted by atomic mass is 10.2. The van der Waals surface area contributed by atoms with Gasteiger partial charge in [-0.15, -0.1) is 0 Å². The third kappa shape index (κ3) is 4.96. The van der Waals surface area contributed by atoms with Crippen molar-refractivity contribution in [3.63, 3.8) is 0 Å². The number of nitrogens with zero attached hydrogens (tertiary/aromatic N) is 1. The van der Waals surface area contributed by atoms with Gasteiger partial charge in [0.25, 0.3) is 11.7 Å². The predicted molar refractivity (Wildman–Crippen MR) is 88.2 cm³/mol. The van der Waals surface area contributed by atoms with E-state index >= 15 is 0 Å². The summed E-state index contributed by atoms with van der Waals surface area (Å²) < 4.78 is 30.6. The molecule has 0 radical (unpaired) electrons. The number of nitriles is 1. The maximum absolute atomic E-state index is 12.5. The first-order chi connectivity index (χ1) is 11.5. The molecule has 1 unspecified atom stereocenters. The van der Waals surface area contributed by atoms with E-state index in [1.165, 1.54) is 6.07 Å². The number of anilines is 1. The molecule has 2 rings (SSSR count). The molecule has 0 saturated heterocycles. The van der Waals surface area contributed by atoms with Crippen LogP contribution in [-0.4, -0.2) is 17.8 Å². The minimum Gasteiger partial charge on any atom is -0.481 e. The normalized spacial score (nSPS) is 11.6. The molecular formula is C17H14F2N2O2S. The van der Waals surface area contributed by atoms with Gasteiger partial charge in [-0.05, 0) is 43.3 Å². The Balaban J connectivity index is 2.02. The average Bonchev–Trinajstić information content (AvgIpc) is 2.56. The van der Waals surface area contributed by atoms with Gasteiger partial charge in [-0.2, -0.15) is 14.0 Å². The van der Waals surface area contributed by atoms with Gasteiger partial charge in [0, 0.05) is 4.90 Å². The van der Waals surface area contributed by atoms with Crippen molar-refractivity contribution >= 4 is 23.4 Å². The second kappa shape index (κ2) is 8.31. The highest BCUT2D eigenvalue weighted by Gasteiger charge is 2.17. The molecule has 0 bridgehead atoms. The zero-order chi connectivity index (χ0) is 17.5. The van der Waals surface area contributed by atoms with Crippen molar-refractivity contribution in [1.82, 2.24) is 0 Å². The van der Waals surface area contributed by atoms with Gasteiger partial charge in [0.2, 0.25) is 0 Å². The van der Waals surface area contributed by atoms with Crippen molar-refractivity contribution in [1.29, 1.82) is 5.26 Å². The number of hydrogen-bond donors (Lipinski definition) is 1. The van der Waals surface area contributed by atoms with Crippen LogP contribution in [0.2, 0.25) is 0 Å². The number of halogens is 2. The molecule has 0 fully saturated rings. The molecule has 0 aliphatic heterocycles. The third-order valence-corrected chi connectivity index (χ3v) is 3.81. The molecular weight excluding hydrogens is 334 g/mol. The van der Waals surface area contributed by atoms with Crippen LogP contribution in [-0.2, 0) is 4.79 Å². The first kappa shape index (κ1) is 17.8. The summed E-state index contributed by atoms with van der Waals surface area (Å²) in [4.78, 5) is 12.5. The molecule has 24 heavy (non-hydrogen) atoms. The molecule has 124 valence electrons. The van der Waals surface area contributed by atoms with Gasteiger partial charge in [-0.25, -0.2) is 0 Å². The van der Waals surface area contributed by atoms with Crippen molar-refractivity contribution in [2.45, 2.75) is 23.7 Å². The van der Waals surface area contributed by atoms with Crippen LogP contribution in [0.5, 0.6) is 5.75 Å². The van der Waals surface area contributed by atoms with Gasteiger partial charge in [-0.1, -0.05) is 23.9 Å². The Labute approximate surface area is 142 Å². The summed E-state index contributed by atoms with van der Waals surface area (Å²) >= 11 is 0.367. The van der Waals surface area contributed by atoms with E-state index in [0.29, 0.717) is 28.8 Å². The molecule has 2 aromatic carbocycles. The lowest BCUT2D eigenvalue weighted by molar-refractivity contribution is -0.122. The standard InChI is InChI=1S/C17H14F2N2O2S/c1-11(23-13-8-6-12(10-20)7-9-13)16(22)21-14-4-2-3-5-15(14)24-17(18)19/h2-9,11,17H,1H3,(H,21,22). The summed E-state index contributed by atoms with van der Waals surface area (Å²) in [7, 11) is 0. The Morgan fingerprint density at radius 2 is 1.88 bits per heavy atom. The maximum atomic E-state index is 12.5. The van der Waals surface area contributed by atoms with Crippen LogP contribution < -0.4 is 10.1 Å². The number of benzene rings is 2. The van der Waals surface area contributed by atoms with Gasteiger partial charge in [0.15, 0.2) is 6.10 Å². The Kier molecular flexibility index (Phi) is 6.15. The van der Waals surface area contributed by atoms with Crippen LogP contribution in [0.4, 0.5) is 14.5 Å². The largest absolute Gasteiger partial charge is 0.481 e. The summed E-state index contributed by atoms with van der Waals surface area (Å²) in [5, 5.41) is 11.3. The van der Waals surface area contributed by atoms with Gasteiger partial charge in [-0.3, -0.25) is 4.79 Å². The van der Waals surface area contributed by atoms with Crippen molar-refractivity contribution < 1.29 is 18.3 Å². The first-order valence-corrected chi connectivity index (χ1v) is 7.89. The topological polar surface area (TPSA) is 62.1 Å². The summed E-state index contributed by atoms with van der Waals surface area (Å²) in [5.74, 6) is -2.59. The molecule has 7 heteroatoms. The minimum atomic E-state index is -2.57. The van der Waals surface area contributed by atoms with E-state index in [1.807, 2.05) is 6.07 Å². The van der Waals surface area contributed by atoms with Crippen molar-refractivity contribution in [3.05, 3.63) is 54.1 Å². The second-order valence-corrected chi connectivity index (χ2v) is 5.79. The highest BCUT2D eigenvalue weighted by atomic mass is 32.2. The second-order valence-electron chi connectivity index (χ2n) is 4.76. The smallest absolute Gasteiger partial charge is 0.288 e. The number of alkyl halides is 2. The van der Waals surface area contributed by atoms with Crippen molar-refractivity contribution in [2.24, 2.45) is 0 Å². The number of hydrogen-bond acceptors (Lipinski definition) is 4. The van der Waals surface area contributed by atoms with Crippen LogP contribution in [0.1, 0.15) is 12.5 Å². The van der Waals surface area contributed by atoms with E-state index in [0.717, 1.165) is 0 Å². The number of nitrogens with one attached hydrogen (secondary N) is 1. The van der Waals surface area contributed by atoms with Crippen LogP contribution in [0.15, 0.2) is 53.4 Å². The molecule has 0 heterocycles. The van der Waals surface area contributed by atoms with Crippen molar-refractivity contribution in [3.8, 4) is 11.8 Å². The fourth-order valence-corrected chi connectivity index (χ4v) is 2.46. The molecule has 1 N–H and O–H groups in total. The molecule has 0 aromatic heterocycles. The fraction of sp³-hybridized carbons (Fsp3) is 0.176. The molecule has 0 aliphatic rings. The molecule has 0 aliphatic carbocycles. The lowest BCUT2D eigenvalue weighted by Crippen LogP contribution is -2.30. The van der Waals surface area contributed by atoms with Crippen molar-refractivity contribution in [2.75, 3.05) is 5.32 Å². The molecule has 4 nitrogen and oxygen atoms in total. The number of ether oxygens (including phenoxy) is 1. The minimum absolute atomic E-state index is 0.284. The van der Waals surface area contributed by atoms with E-state index in [9.17, 15) is 13.6 Å². The third-order valence-electron chi connectivity index (χ3n) is 3.03. The molecule has 1 amide bonds. The Bertz CT molecular complexity index is 745. The fourth-order valence-electron chi connectivity index (χ4n) is 1.87. The summed E-state index contributed by atoms with van der Waals surface area (Å²) in [6.07, 6.45) is -0.831. The van der Waals surface area contributed by atoms with Gasteiger partial charge in [0.1, 0.15) is 5.75 Å². The molecule has 0 saturated carbocycles. The van der Waals surface area contributed by atoms with E-state index in [1.54, 1.807) is 49.4 Å². The number of amides is 1. The van der Waals surface area contributed by atoms with Crippen LogP contribution in [0.3, 0.4) is 0 Å². The van der Waals surface area contributed by atoms with E-state index < -0.39 is 17.8 Å². The predicted octanol–water partition coefficient (Wildman–Crippen LogP) is 4.28. The number of rotatable bonds is 6. The number of thioether (sulfide) groups is 1. The summed E-state index contributed by atoms with van der Waals surface area (Å²) in [6, 6.07) is 14.7. The number of carbonyl (C=O) groups excluding carboxylic acids is 1. The Morgan fingerprint density at radius 1 is 1.21 bits per heavy atom. The zero-order valence-electron chi connectivity index (χ0n) is 12.7. The highest BCUT2D eigenvalue weighted by molar-refractivity contribution is 7.99. The summed E-state index contributed by atoms with van der Waals surface area (Å²) in [6.45, 7) is 1.55. The molecule has 0 spiro atoms. The van der Waals surface area contributed by atoms with Crippen LogP contribution in [0, 0.1) is 11.3 Å². The SMILES string of the molecule is CC(Oc1ccc(C#N)cc1)C(=O)Nc1ccccc1SC(F)F. The average molecular weight is 348 g/mol. The van der Waals surface area contributed by atoms with E-state index in [4.69, 9.17) is 10.00 Å². The summed E-state index contributed by atoms with van der Waals surface area (Å²) in [5.41, 5.74) is 0.792. The van der Waals surface area contributed by atoms with E-state index in [2.05, 4.69) is 5.32 Å². The quantitative estimate of drug-likeness (QED) is 0.792. The Hall–Kier alpha value is -2.59. The van der Waals surface area contributed by atoms with E-state index in [-0.39, 0.29) is 4.90 Å². The van der Waals surface area contributed by atoms with Gasteiger partial charge < -0.3 is 10.1 Å². The van der Waals surface area contributed by atoms with Gasteiger partial charge in [0.05, 0.1) is 17.3 Å². The Morgan fingerprint density at radius 3 is 2.50 bits per heavy atom. The van der Waals surface area contributed by atoms with Crippen LogP contribution in [0.25, 0.3) is 0 Å². The molecule has 1 atom stereocenters. The number of carbonyl (C=O) groups is 1. The molecule has 2 aromatic rings. The maximum Gasteiger partial charge on any atom is 0.288 e. The first-order valence-electron chi connectivity index (χ1n) is 7.01. The van der Waals surface area contributed by atoms with Crippen LogP contribution >= 0.6 is 11.8 Å². The zero-order valence-corrected chi connectivity index (χ0v) is 13.5. The lowest BCUT2D eigenvalue weighted by Gasteiger charge is -2.16.